The van der Waals surface area contributed by atoms with Crippen LogP contribution in [0.3, 0.4) is 0 Å². The van der Waals surface area contributed by atoms with Gasteiger partial charge in [0, 0.05) is 18.9 Å². The predicted octanol–water partition coefficient (Wildman–Crippen LogP) is 4.05. The summed E-state index contributed by atoms with van der Waals surface area (Å²) in [5.74, 6) is -0.450. The summed E-state index contributed by atoms with van der Waals surface area (Å²) in [6.45, 7) is 3.82. The van der Waals surface area contributed by atoms with E-state index in [1.54, 1.807) is 12.1 Å². The molecule has 1 fully saturated rings. The number of pyridine rings is 2. The lowest BCUT2D eigenvalue weighted by Gasteiger charge is -2.25. The molecule has 0 radical (unpaired) electrons. The monoisotopic (exact) mass is 441 g/mol. The van der Waals surface area contributed by atoms with E-state index in [1.165, 1.54) is 16.0 Å². The minimum Gasteiger partial charge on any atom is -0.310 e. The number of halogens is 4. The summed E-state index contributed by atoms with van der Waals surface area (Å²) in [5.41, 5.74) is -0.926. The lowest BCUT2D eigenvalue weighted by atomic mass is 10.0. The van der Waals surface area contributed by atoms with Gasteiger partial charge in [-0.1, -0.05) is 25.4 Å². The number of hydrogen-bond acceptors (Lipinski definition) is 4. The summed E-state index contributed by atoms with van der Waals surface area (Å²) in [5, 5.41) is 2.75. The first-order chi connectivity index (χ1) is 14.1. The average Bonchev–Trinajstić information content (AvgIpc) is 2.98. The number of aromatic nitrogens is 2. The van der Waals surface area contributed by atoms with Crippen LogP contribution in [-0.2, 0) is 11.0 Å². The topological polar surface area (TPSA) is 78.4 Å². The lowest BCUT2D eigenvalue weighted by Crippen LogP contribution is -2.42. The zero-order valence-electron chi connectivity index (χ0n) is 16.2. The number of urea groups is 1. The van der Waals surface area contributed by atoms with Gasteiger partial charge in [0.1, 0.15) is 18.2 Å². The molecule has 2 aromatic rings. The molecule has 0 saturated carbocycles. The number of alkyl halides is 3. The summed E-state index contributed by atoms with van der Waals surface area (Å²) >= 11 is 5.84. The Hall–Kier alpha value is -2.88. The standard InChI is InChI=1S/C19H19ClF3N5O2/c1-11(2)14-9-28(16-4-3-13(20)8-25-16)18(30)27(14)10-17(29)26-15-7-12(5-6-24-15)19(21,22)23/h3-8,11,14H,9-10H2,1-2H3,(H,24,26,29)/t14-/m1/s1. The molecule has 0 aliphatic carbocycles. The highest BCUT2D eigenvalue weighted by Crippen LogP contribution is 2.30. The number of anilines is 2. The second-order valence-corrected chi connectivity index (χ2v) is 7.58. The van der Waals surface area contributed by atoms with Gasteiger partial charge in [-0.15, -0.1) is 0 Å². The van der Waals surface area contributed by atoms with Crippen molar-refractivity contribution < 1.29 is 22.8 Å². The molecule has 1 aliphatic rings. The molecule has 160 valence electrons. The minimum atomic E-state index is -4.55. The maximum absolute atomic E-state index is 12.9. The second-order valence-electron chi connectivity index (χ2n) is 7.14. The van der Waals surface area contributed by atoms with Gasteiger partial charge in [-0.3, -0.25) is 9.69 Å². The highest BCUT2D eigenvalue weighted by atomic mass is 35.5. The van der Waals surface area contributed by atoms with Crippen molar-refractivity contribution in [3.05, 3.63) is 47.2 Å². The third kappa shape index (κ3) is 4.81. The molecule has 2 aromatic heterocycles. The van der Waals surface area contributed by atoms with Gasteiger partial charge in [0.05, 0.1) is 16.6 Å². The van der Waals surface area contributed by atoms with Crippen molar-refractivity contribution in [2.75, 3.05) is 23.3 Å². The van der Waals surface area contributed by atoms with Crippen LogP contribution in [0.25, 0.3) is 0 Å². The maximum atomic E-state index is 12.9. The molecule has 1 aliphatic heterocycles. The van der Waals surface area contributed by atoms with Crippen LogP contribution in [0, 0.1) is 5.92 Å². The van der Waals surface area contributed by atoms with E-state index in [0.29, 0.717) is 17.4 Å². The van der Waals surface area contributed by atoms with Crippen molar-refractivity contribution >= 4 is 35.2 Å². The van der Waals surface area contributed by atoms with Gasteiger partial charge < -0.3 is 10.2 Å². The fourth-order valence-electron chi connectivity index (χ4n) is 3.15. The summed E-state index contributed by atoms with van der Waals surface area (Å²) < 4.78 is 38.5. The highest BCUT2D eigenvalue weighted by molar-refractivity contribution is 6.30. The van der Waals surface area contributed by atoms with E-state index >= 15 is 0 Å². The Morgan fingerprint density at radius 3 is 2.63 bits per heavy atom. The molecule has 0 unspecified atom stereocenters. The molecule has 3 rings (SSSR count). The third-order valence-electron chi connectivity index (χ3n) is 4.67. The molecule has 0 bridgehead atoms. The Labute approximate surface area is 175 Å². The third-order valence-corrected chi connectivity index (χ3v) is 4.90. The van der Waals surface area contributed by atoms with Crippen LogP contribution in [0.15, 0.2) is 36.7 Å². The molecule has 30 heavy (non-hydrogen) atoms. The Kier molecular flexibility index (Phi) is 6.16. The van der Waals surface area contributed by atoms with Crippen molar-refractivity contribution in [2.24, 2.45) is 5.92 Å². The van der Waals surface area contributed by atoms with Gasteiger partial charge in [-0.25, -0.2) is 14.8 Å². The van der Waals surface area contributed by atoms with Crippen LogP contribution in [0.2, 0.25) is 5.02 Å². The normalized spacial score (nSPS) is 17.0. The van der Waals surface area contributed by atoms with Crippen LogP contribution < -0.4 is 10.2 Å². The molecule has 7 nitrogen and oxygen atoms in total. The number of hydrogen-bond donors (Lipinski definition) is 1. The first kappa shape index (κ1) is 21.8. The van der Waals surface area contributed by atoms with Gasteiger partial charge in [0.2, 0.25) is 5.91 Å². The Morgan fingerprint density at radius 1 is 1.30 bits per heavy atom. The zero-order valence-corrected chi connectivity index (χ0v) is 16.9. The summed E-state index contributed by atoms with van der Waals surface area (Å²) in [6.07, 6.45) is -2.17. The van der Waals surface area contributed by atoms with Gasteiger partial charge in [0.25, 0.3) is 0 Å². The number of rotatable bonds is 5. The number of carbonyl (C=O) groups excluding carboxylic acids is 2. The maximum Gasteiger partial charge on any atom is 0.416 e. The van der Waals surface area contributed by atoms with Crippen LogP contribution in [0.4, 0.5) is 29.6 Å². The van der Waals surface area contributed by atoms with E-state index in [9.17, 15) is 22.8 Å². The molecule has 3 heterocycles. The first-order valence-corrected chi connectivity index (χ1v) is 9.47. The zero-order chi connectivity index (χ0) is 22.1. The van der Waals surface area contributed by atoms with E-state index in [-0.39, 0.29) is 24.3 Å². The van der Waals surface area contributed by atoms with Crippen LogP contribution >= 0.6 is 11.6 Å². The van der Waals surface area contributed by atoms with E-state index in [1.807, 2.05) is 13.8 Å². The molecule has 1 saturated heterocycles. The first-order valence-electron chi connectivity index (χ1n) is 9.09. The molecule has 1 N–H and O–H groups in total. The quantitative estimate of drug-likeness (QED) is 0.759. The minimum absolute atomic E-state index is 0.0331. The van der Waals surface area contributed by atoms with E-state index in [4.69, 9.17) is 11.6 Å². The molecular weight excluding hydrogens is 423 g/mol. The smallest absolute Gasteiger partial charge is 0.310 e. The molecule has 0 spiro atoms. The SMILES string of the molecule is CC(C)[C@H]1CN(c2ccc(Cl)cn2)C(=O)N1CC(=O)Nc1cc(C(F)(F)F)ccn1. The molecule has 0 aromatic carbocycles. The van der Waals surface area contributed by atoms with Gasteiger partial charge >= 0.3 is 12.2 Å². The summed E-state index contributed by atoms with van der Waals surface area (Å²) in [4.78, 5) is 36.1. The van der Waals surface area contributed by atoms with Gasteiger partial charge in [0.15, 0.2) is 0 Å². The van der Waals surface area contributed by atoms with Gasteiger partial charge in [-0.05, 0) is 30.2 Å². The van der Waals surface area contributed by atoms with Crippen LogP contribution in [0.5, 0.6) is 0 Å². The average molecular weight is 442 g/mol. The van der Waals surface area contributed by atoms with E-state index < -0.39 is 23.7 Å². The Balaban J connectivity index is 1.74. The highest BCUT2D eigenvalue weighted by Gasteiger charge is 2.41. The number of carbonyl (C=O) groups is 2. The van der Waals surface area contributed by atoms with Crippen molar-refractivity contribution in [1.29, 1.82) is 0 Å². The summed E-state index contributed by atoms with van der Waals surface area (Å²) in [7, 11) is 0. The number of nitrogens with one attached hydrogen (secondary N) is 1. The van der Waals surface area contributed by atoms with Crippen molar-refractivity contribution in [3.63, 3.8) is 0 Å². The molecule has 11 heteroatoms. The largest absolute Gasteiger partial charge is 0.416 e. The Bertz CT molecular complexity index is 937. The van der Waals surface area contributed by atoms with E-state index in [2.05, 4.69) is 15.3 Å². The molecule has 3 amide bonds. The van der Waals surface area contributed by atoms with Crippen molar-refractivity contribution in [3.8, 4) is 0 Å². The van der Waals surface area contributed by atoms with Crippen molar-refractivity contribution in [1.82, 2.24) is 14.9 Å². The van der Waals surface area contributed by atoms with Crippen LogP contribution in [-0.4, -0.2) is 45.9 Å². The van der Waals surface area contributed by atoms with E-state index in [0.717, 1.165) is 18.3 Å². The Morgan fingerprint density at radius 2 is 2.03 bits per heavy atom. The fraction of sp³-hybridized carbons (Fsp3) is 0.368. The van der Waals surface area contributed by atoms with Gasteiger partial charge in [-0.2, -0.15) is 13.2 Å². The number of nitrogens with zero attached hydrogens (tertiary/aromatic N) is 4. The van der Waals surface area contributed by atoms with Crippen LogP contribution in [0.1, 0.15) is 19.4 Å². The molecule has 1 atom stereocenters. The number of amides is 3. The second kappa shape index (κ2) is 8.47. The van der Waals surface area contributed by atoms with Crippen molar-refractivity contribution in [2.45, 2.75) is 26.1 Å². The predicted molar refractivity (Wildman–Crippen MR) is 105 cm³/mol. The fourth-order valence-corrected chi connectivity index (χ4v) is 3.26. The summed E-state index contributed by atoms with van der Waals surface area (Å²) in [6, 6.07) is 4.06. The molecular formula is C19H19ClF3N5O2. The lowest BCUT2D eigenvalue weighted by molar-refractivity contribution is -0.137.